The number of hydrogen-bond donors (Lipinski definition) is 2. The first-order valence-electron chi connectivity index (χ1n) is 6.62. The number of benzene rings is 1. The van der Waals surface area contributed by atoms with E-state index in [2.05, 4.69) is 4.72 Å². The lowest BCUT2D eigenvalue weighted by molar-refractivity contribution is 0.0696. The Morgan fingerprint density at radius 2 is 2.23 bits per heavy atom. The maximum atomic E-state index is 13.4. The molecule has 1 heterocycles. The Morgan fingerprint density at radius 1 is 1.50 bits per heavy atom. The fourth-order valence-electron chi connectivity index (χ4n) is 2.37. The minimum absolute atomic E-state index is 0.115. The molecule has 122 valence electrons. The van der Waals surface area contributed by atoms with E-state index in [-0.39, 0.29) is 17.2 Å². The van der Waals surface area contributed by atoms with E-state index in [1.807, 2.05) is 0 Å². The van der Waals surface area contributed by atoms with E-state index in [0.29, 0.717) is 26.1 Å². The Labute approximate surface area is 127 Å². The number of carboxylic acid groups (broad SMARTS) is 1. The molecule has 2 N–H and O–H groups in total. The summed E-state index contributed by atoms with van der Waals surface area (Å²) in [6.45, 7) is 1.11. The third-order valence-electron chi connectivity index (χ3n) is 3.38. The lowest BCUT2D eigenvalue weighted by Crippen LogP contribution is -2.34. The number of methoxy groups -OCH3 is 1. The van der Waals surface area contributed by atoms with Crippen molar-refractivity contribution in [1.29, 1.82) is 0 Å². The minimum Gasteiger partial charge on any atom is -0.478 e. The van der Waals surface area contributed by atoms with Crippen LogP contribution in [0, 0.1) is 11.7 Å². The lowest BCUT2D eigenvalue weighted by Gasteiger charge is -2.18. The molecule has 2 rings (SSSR count). The number of anilines is 1. The van der Waals surface area contributed by atoms with Crippen molar-refractivity contribution in [3.8, 4) is 0 Å². The highest BCUT2D eigenvalue weighted by atomic mass is 32.2. The van der Waals surface area contributed by atoms with Gasteiger partial charge in [0.1, 0.15) is 5.82 Å². The second-order valence-electron chi connectivity index (χ2n) is 5.11. The molecule has 9 heteroatoms. The quantitative estimate of drug-likeness (QED) is 0.815. The van der Waals surface area contributed by atoms with Gasteiger partial charge in [0.25, 0.3) is 0 Å². The molecule has 22 heavy (non-hydrogen) atoms. The highest BCUT2D eigenvalue weighted by molar-refractivity contribution is 7.90. The van der Waals surface area contributed by atoms with Crippen molar-refractivity contribution < 1.29 is 27.4 Å². The van der Waals surface area contributed by atoms with Crippen molar-refractivity contribution in [2.24, 2.45) is 5.92 Å². The number of carbonyl (C=O) groups is 1. The van der Waals surface area contributed by atoms with Gasteiger partial charge in [-0.3, -0.25) is 4.72 Å². The lowest BCUT2D eigenvalue weighted by atomic mass is 10.1. The molecule has 0 spiro atoms. The van der Waals surface area contributed by atoms with Gasteiger partial charge in [-0.25, -0.2) is 9.18 Å². The summed E-state index contributed by atoms with van der Waals surface area (Å²) in [5.41, 5.74) is -0.441. The van der Waals surface area contributed by atoms with Gasteiger partial charge >= 0.3 is 16.2 Å². The molecule has 1 aromatic rings. The molecule has 0 aliphatic carbocycles. The topological polar surface area (TPSA) is 95.9 Å². The van der Waals surface area contributed by atoms with Crippen molar-refractivity contribution in [2.75, 3.05) is 31.5 Å². The normalized spacial score (nSPS) is 19.3. The van der Waals surface area contributed by atoms with Crippen LogP contribution in [0.25, 0.3) is 0 Å². The second kappa shape index (κ2) is 6.59. The Hall–Kier alpha value is -1.71. The number of hydrogen-bond acceptors (Lipinski definition) is 4. The van der Waals surface area contributed by atoms with E-state index in [4.69, 9.17) is 9.84 Å². The maximum absolute atomic E-state index is 13.4. The minimum atomic E-state index is -3.86. The van der Waals surface area contributed by atoms with E-state index in [0.717, 1.165) is 18.2 Å². The van der Waals surface area contributed by atoms with E-state index in [1.54, 1.807) is 7.11 Å². The Bertz CT molecular complexity index is 664. The second-order valence-corrected chi connectivity index (χ2v) is 6.78. The molecule has 1 aliphatic heterocycles. The Kier molecular flexibility index (Phi) is 4.99. The summed E-state index contributed by atoms with van der Waals surface area (Å²) in [6, 6.07) is 2.84. The molecule has 0 saturated carbocycles. The molecule has 1 aromatic carbocycles. The first-order chi connectivity index (χ1) is 10.3. The number of carboxylic acids is 1. The van der Waals surface area contributed by atoms with Crippen LogP contribution in [0.1, 0.15) is 16.8 Å². The molecule has 7 nitrogen and oxygen atoms in total. The number of rotatable bonds is 6. The van der Waals surface area contributed by atoms with Crippen LogP contribution in [-0.4, -0.2) is 50.6 Å². The summed E-state index contributed by atoms with van der Waals surface area (Å²) >= 11 is 0. The monoisotopic (exact) mass is 332 g/mol. The average Bonchev–Trinajstić information content (AvgIpc) is 2.87. The molecule has 0 aromatic heterocycles. The van der Waals surface area contributed by atoms with Crippen LogP contribution >= 0.6 is 0 Å². The third-order valence-corrected chi connectivity index (χ3v) is 4.89. The Morgan fingerprint density at radius 3 is 2.86 bits per heavy atom. The average molecular weight is 332 g/mol. The van der Waals surface area contributed by atoms with E-state index < -0.39 is 22.0 Å². The number of nitrogens with zero attached hydrogens (tertiary/aromatic N) is 1. The molecule has 1 unspecified atom stereocenters. The van der Waals surface area contributed by atoms with Gasteiger partial charge in [-0.1, -0.05) is 0 Å². The van der Waals surface area contributed by atoms with Gasteiger partial charge in [0.15, 0.2) is 0 Å². The molecule has 1 atom stereocenters. The van der Waals surface area contributed by atoms with Crippen LogP contribution in [0.2, 0.25) is 0 Å². The summed E-state index contributed by atoms with van der Waals surface area (Å²) in [6.07, 6.45) is 0.679. The van der Waals surface area contributed by atoms with Gasteiger partial charge in [-0.2, -0.15) is 12.7 Å². The summed E-state index contributed by atoms with van der Waals surface area (Å²) in [7, 11) is -2.30. The van der Waals surface area contributed by atoms with Crippen LogP contribution in [0.5, 0.6) is 0 Å². The molecule has 0 bridgehead atoms. The van der Waals surface area contributed by atoms with E-state index in [1.165, 1.54) is 4.31 Å². The standard InChI is InChI=1S/C13H17FN2O5S/c1-21-8-9-2-3-16(7-9)22(19,20)15-12-5-10(13(17)18)4-11(14)6-12/h4-6,9,15H,2-3,7-8H2,1H3,(H,17,18). The fraction of sp³-hybridized carbons (Fsp3) is 0.462. The predicted molar refractivity (Wildman–Crippen MR) is 77.5 cm³/mol. The Balaban J connectivity index is 2.14. The SMILES string of the molecule is COCC1CCN(S(=O)(=O)Nc2cc(F)cc(C(=O)O)c2)C1. The largest absolute Gasteiger partial charge is 0.478 e. The zero-order chi connectivity index (χ0) is 16.3. The highest BCUT2D eigenvalue weighted by Gasteiger charge is 2.31. The van der Waals surface area contributed by atoms with Crippen molar-refractivity contribution in [3.05, 3.63) is 29.6 Å². The molecule has 0 radical (unpaired) electrons. The third kappa shape index (κ3) is 3.93. The molecular formula is C13H17FN2O5S. The number of aromatic carboxylic acids is 1. The van der Waals surface area contributed by atoms with Crippen LogP contribution in [0.3, 0.4) is 0 Å². The number of ether oxygens (including phenoxy) is 1. The fourth-order valence-corrected chi connectivity index (χ4v) is 3.67. The van der Waals surface area contributed by atoms with Gasteiger partial charge in [-0.05, 0) is 30.5 Å². The maximum Gasteiger partial charge on any atom is 0.335 e. The van der Waals surface area contributed by atoms with Crippen LogP contribution in [0.4, 0.5) is 10.1 Å². The van der Waals surface area contributed by atoms with Gasteiger partial charge in [0.05, 0.1) is 17.9 Å². The zero-order valence-electron chi connectivity index (χ0n) is 12.0. The zero-order valence-corrected chi connectivity index (χ0v) is 12.8. The first-order valence-corrected chi connectivity index (χ1v) is 8.06. The first kappa shape index (κ1) is 16.7. The van der Waals surface area contributed by atoms with Crippen LogP contribution < -0.4 is 4.72 Å². The summed E-state index contributed by atoms with van der Waals surface area (Å²) in [5.74, 6) is -2.04. The number of halogens is 1. The summed E-state index contributed by atoms with van der Waals surface area (Å²) in [5, 5.41) is 8.87. The van der Waals surface area contributed by atoms with Gasteiger partial charge in [0, 0.05) is 20.2 Å². The van der Waals surface area contributed by atoms with Crippen molar-refractivity contribution in [2.45, 2.75) is 6.42 Å². The molecule has 0 amide bonds. The number of nitrogens with one attached hydrogen (secondary N) is 1. The predicted octanol–water partition coefficient (Wildman–Crippen LogP) is 1.15. The molecular weight excluding hydrogens is 315 g/mol. The van der Waals surface area contributed by atoms with Crippen LogP contribution in [-0.2, 0) is 14.9 Å². The van der Waals surface area contributed by atoms with Gasteiger partial charge in [0.2, 0.25) is 0 Å². The molecule has 1 saturated heterocycles. The van der Waals surface area contributed by atoms with Crippen LogP contribution in [0.15, 0.2) is 18.2 Å². The summed E-state index contributed by atoms with van der Waals surface area (Å²) < 4.78 is 46.3. The van der Waals surface area contributed by atoms with Gasteiger partial charge in [-0.15, -0.1) is 0 Å². The molecule has 1 fully saturated rings. The smallest absolute Gasteiger partial charge is 0.335 e. The summed E-state index contributed by atoms with van der Waals surface area (Å²) in [4.78, 5) is 10.9. The van der Waals surface area contributed by atoms with E-state index >= 15 is 0 Å². The van der Waals surface area contributed by atoms with E-state index in [9.17, 15) is 17.6 Å². The van der Waals surface area contributed by atoms with Crippen molar-refractivity contribution in [1.82, 2.24) is 4.31 Å². The van der Waals surface area contributed by atoms with Crippen molar-refractivity contribution >= 4 is 21.9 Å². The highest BCUT2D eigenvalue weighted by Crippen LogP contribution is 2.22. The molecule has 1 aliphatic rings. The van der Waals surface area contributed by atoms with Crippen molar-refractivity contribution in [3.63, 3.8) is 0 Å². The van der Waals surface area contributed by atoms with Gasteiger partial charge < -0.3 is 9.84 Å².